The van der Waals surface area contributed by atoms with E-state index in [1.165, 1.54) is 25.7 Å². The van der Waals surface area contributed by atoms with E-state index in [-0.39, 0.29) is 0 Å². The van der Waals surface area contributed by atoms with Crippen molar-refractivity contribution in [3.05, 3.63) is 0 Å². The quantitative estimate of drug-likeness (QED) is 0.735. The molecule has 0 aromatic heterocycles. The average molecular weight is 213 g/mol. The van der Waals surface area contributed by atoms with E-state index in [9.17, 15) is 5.11 Å². The van der Waals surface area contributed by atoms with Gasteiger partial charge in [0.1, 0.15) is 0 Å². The minimum Gasteiger partial charge on any atom is -0.396 e. The number of nitrogens with one attached hydrogen (secondary N) is 1. The number of rotatable bonds is 5. The van der Waals surface area contributed by atoms with Gasteiger partial charge >= 0.3 is 0 Å². The minimum atomic E-state index is 0.352. The third-order valence-electron chi connectivity index (χ3n) is 3.86. The standard InChI is InChI=1S/C13H27NO/c1-4-7-14-13-6-5-11(10(2)3)8-12(13)9-15/h10-15H,4-9H2,1-3H3. The van der Waals surface area contributed by atoms with Crippen molar-refractivity contribution in [1.29, 1.82) is 0 Å². The molecule has 3 unspecified atom stereocenters. The molecule has 1 aliphatic rings. The summed E-state index contributed by atoms with van der Waals surface area (Å²) >= 11 is 0. The van der Waals surface area contributed by atoms with Gasteiger partial charge in [-0.05, 0) is 50.0 Å². The Morgan fingerprint density at radius 3 is 2.60 bits per heavy atom. The highest BCUT2D eigenvalue weighted by atomic mass is 16.3. The van der Waals surface area contributed by atoms with Gasteiger partial charge in [0.2, 0.25) is 0 Å². The average Bonchev–Trinajstić information content (AvgIpc) is 2.25. The maximum absolute atomic E-state index is 9.42. The molecule has 2 heteroatoms. The summed E-state index contributed by atoms with van der Waals surface area (Å²) in [6.45, 7) is 8.25. The first-order valence-electron chi connectivity index (χ1n) is 6.53. The Balaban J connectivity index is 2.41. The van der Waals surface area contributed by atoms with Crippen molar-refractivity contribution in [1.82, 2.24) is 5.32 Å². The predicted molar refractivity (Wildman–Crippen MR) is 64.8 cm³/mol. The summed E-state index contributed by atoms with van der Waals surface area (Å²) in [7, 11) is 0. The van der Waals surface area contributed by atoms with E-state index < -0.39 is 0 Å². The normalized spacial score (nSPS) is 32.2. The number of aliphatic hydroxyl groups excluding tert-OH is 1. The lowest BCUT2D eigenvalue weighted by Gasteiger charge is -2.37. The van der Waals surface area contributed by atoms with Gasteiger partial charge in [0.15, 0.2) is 0 Å². The number of hydrogen-bond donors (Lipinski definition) is 2. The Morgan fingerprint density at radius 1 is 1.33 bits per heavy atom. The SMILES string of the molecule is CCCNC1CCC(C(C)C)CC1CO. The van der Waals surface area contributed by atoms with E-state index >= 15 is 0 Å². The third-order valence-corrected chi connectivity index (χ3v) is 3.86. The molecule has 1 saturated carbocycles. The number of aliphatic hydroxyl groups is 1. The van der Waals surface area contributed by atoms with Crippen molar-refractivity contribution < 1.29 is 5.11 Å². The summed E-state index contributed by atoms with van der Waals surface area (Å²) in [5.74, 6) is 2.07. The van der Waals surface area contributed by atoms with Crippen molar-refractivity contribution in [2.24, 2.45) is 17.8 Å². The van der Waals surface area contributed by atoms with Crippen LogP contribution in [0.15, 0.2) is 0 Å². The molecule has 2 nitrogen and oxygen atoms in total. The first-order valence-corrected chi connectivity index (χ1v) is 6.53. The summed E-state index contributed by atoms with van der Waals surface area (Å²) in [6, 6.07) is 0.560. The largest absolute Gasteiger partial charge is 0.396 e. The van der Waals surface area contributed by atoms with Crippen molar-refractivity contribution in [2.75, 3.05) is 13.2 Å². The molecule has 0 aromatic rings. The van der Waals surface area contributed by atoms with E-state index in [2.05, 4.69) is 26.1 Å². The van der Waals surface area contributed by atoms with Gasteiger partial charge in [-0.15, -0.1) is 0 Å². The van der Waals surface area contributed by atoms with Gasteiger partial charge in [-0.1, -0.05) is 20.8 Å². The van der Waals surface area contributed by atoms with E-state index in [1.807, 2.05) is 0 Å². The van der Waals surface area contributed by atoms with Gasteiger partial charge < -0.3 is 10.4 Å². The predicted octanol–water partition coefficient (Wildman–Crippen LogP) is 2.42. The lowest BCUT2D eigenvalue weighted by Crippen LogP contribution is -2.43. The van der Waals surface area contributed by atoms with Crippen LogP contribution in [0, 0.1) is 17.8 Å². The smallest absolute Gasteiger partial charge is 0.0474 e. The van der Waals surface area contributed by atoms with Crippen LogP contribution in [-0.4, -0.2) is 24.3 Å². The summed E-state index contributed by atoms with van der Waals surface area (Å²) in [4.78, 5) is 0. The van der Waals surface area contributed by atoms with Gasteiger partial charge in [0.05, 0.1) is 0 Å². The monoisotopic (exact) mass is 213 g/mol. The minimum absolute atomic E-state index is 0.352. The molecule has 0 spiro atoms. The molecular formula is C13H27NO. The molecule has 0 heterocycles. The first-order chi connectivity index (χ1) is 7.19. The van der Waals surface area contributed by atoms with Crippen LogP contribution in [0.5, 0.6) is 0 Å². The molecule has 0 bridgehead atoms. The van der Waals surface area contributed by atoms with Crippen molar-refractivity contribution >= 4 is 0 Å². The fraction of sp³-hybridized carbons (Fsp3) is 1.00. The molecule has 3 atom stereocenters. The molecule has 1 aliphatic carbocycles. The van der Waals surface area contributed by atoms with E-state index in [4.69, 9.17) is 0 Å². The Hall–Kier alpha value is -0.0800. The Labute approximate surface area is 94.5 Å². The van der Waals surface area contributed by atoms with Gasteiger partial charge in [-0.2, -0.15) is 0 Å². The topological polar surface area (TPSA) is 32.3 Å². The maximum atomic E-state index is 9.42. The van der Waals surface area contributed by atoms with Gasteiger partial charge in [-0.25, -0.2) is 0 Å². The zero-order valence-corrected chi connectivity index (χ0v) is 10.5. The highest BCUT2D eigenvalue weighted by molar-refractivity contribution is 4.85. The summed E-state index contributed by atoms with van der Waals surface area (Å²) in [6.07, 6.45) is 4.96. The van der Waals surface area contributed by atoms with Crippen LogP contribution in [0.2, 0.25) is 0 Å². The molecule has 0 aliphatic heterocycles. The molecule has 0 radical (unpaired) electrons. The third kappa shape index (κ3) is 3.76. The van der Waals surface area contributed by atoms with Gasteiger partial charge in [0.25, 0.3) is 0 Å². The fourth-order valence-corrected chi connectivity index (χ4v) is 2.71. The van der Waals surface area contributed by atoms with E-state index in [1.54, 1.807) is 0 Å². The summed E-state index contributed by atoms with van der Waals surface area (Å²) < 4.78 is 0. The fourth-order valence-electron chi connectivity index (χ4n) is 2.71. The lowest BCUT2D eigenvalue weighted by molar-refractivity contribution is 0.107. The van der Waals surface area contributed by atoms with Crippen LogP contribution >= 0.6 is 0 Å². The molecule has 90 valence electrons. The van der Waals surface area contributed by atoms with Crippen molar-refractivity contribution in [3.8, 4) is 0 Å². The van der Waals surface area contributed by atoms with Crippen molar-refractivity contribution in [3.63, 3.8) is 0 Å². The maximum Gasteiger partial charge on any atom is 0.0474 e. The van der Waals surface area contributed by atoms with Crippen LogP contribution in [0.25, 0.3) is 0 Å². The van der Waals surface area contributed by atoms with Gasteiger partial charge in [0, 0.05) is 12.6 Å². The lowest BCUT2D eigenvalue weighted by atomic mass is 9.74. The first kappa shape index (κ1) is 13.0. The van der Waals surface area contributed by atoms with Gasteiger partial charge in [-0.3, -0.25) is 0 Å². The molecule has 1 fully saturated rings. The van der Waals surface area contributed by atoms with E-state index in [0.29, 0.717) is 18.6 Å². The molecular weight excluding hydrogens is 186 g/mol. The number of hydrogen-bond acceptors (Lipinski definition) is 2. The van der Waals surface area contributed by atoms with Crippen LogP contribution in [0.3, 0.4) is 0 Å². The zero-order valence-electron chi connectivity index (χ0n) is 10.5. The highest BCUT2D eigenvalue weighted by Gasteiger charge is 2.30. The Morgan fingerprint density at radius 2 is 2.07 bits per heavy atom. The van der Waals surface area contributed by atoms with Crippen molar-refractivity contribution in [2.45, 2.75) is 52.5 Å². The Kier molecular flexibility index (Phi) is 5.62. The van der Waals surface area contributed by atoms with E-state index in [0.717, 1.165) is 18.4 Å². The molecule has 0 aromatic carbocycles. The second-order valence-corrected chi connectivity index (χ2v) is 5.32. The zero-order chi connectivity index (χ0) is 11.3. The Bertz CT molecular complexity index is 170. The van der Waals surface area contributed by atoms with Crippen LogP contribution in [0.1, 0.15) is 46.5 Å². The molecule has 15 heavy (non-hydrogen) atoms. The molecule has 0 saturated heterocycles. The highest BCUT2D eigenvalue weighted by Crippen LogP contribution is 2.33. The van der Waals surface area contributed by atoms with Crippen LogP contribution < -0.4 is 5.32 Å². The summed E-state index contributed by atoms with van der Waals surface area (Å²) in [5.41, 5.74) is 0. The second kappa shape index (κ2) is 6.49. The molecule has 1 rings (SSSR count). The molecule has 0 amide bonds. The summed E-state index contributed by atoms with van der Waals surface area (Å²) in [5, 5.41) is 13.0. The molecule has 2 N–H and O–H groups in total. The second-order valence-electron chi connectivity index (χ2n) is 5.32. The van der Waals surface area contributed by atoms with Crippen LogP contribution in [0.4, 0.5) is 0 Å². The van der Waals surface area contributed by atoms with Crippen LogP contribution in [-0.2, 0) is 0 Å².